The largest absolute Gasteiger partial charge is 0.457 e. The molecule has 1 spiro atoms. The fourth-order valence-electron chi connectivity index (χ4n) is 10.4. The lowest BCUT2D eigenvalue weighted by Gasteiger charge is -2.40. The summed E-state index contributed by atoms with van der Waals surface area (Å²) in [5.74, 6) is 2.40. The molecule has 2 aromatic heterocycles. The summed E-state index contributed by atoms with van der Waals surface area (Å²) in [6, 6.07) is 80.0. The number of fused-ring (bicyclic) bond motifs is 12. The summed E-state index contributed by atoms with van der Waals surface area (Å²) >= 11 is 0. The number of benzene rings is 9. The Balaban J connectivity index is 0.975. The highest BCUT2D eigenvalue weighted by atomic mass is 16.5. The maximum absolute atomic E-state index is 6.67. The second-order valence-corrected chi connectivity index (χ2v) is 16.4. The molecule has 13 rings (SSSR count). The van der Waals surface area contributed by atoms with Crippen LogP contribution in [0.3, 0.4) is 0 Å². The van der Waals surface area contributed by atoms with E-state index in [1.54, 1.807) is 0 Å². The van der Waals surface area contributed by atoms with Crippen molar-refractivity contribution >= 4 is 21.8 Å². The summed E-state index contributed by atoms with van der Waals surface area (Å²) in [5, 5.41) is 2.50. The van der Waals surface area contributed by atoms with Crippen LogP contribution in [0, 0.1) is 0 Å². The first kappa shape index (κ1) is 35.4. The van der Waals surface area contributed by atoms with Gasteiger partial charge in [-0.3, -0.25) is 0 Å². The van der Waals surface area contributed by atoms with Crippen molar-refractivity contribution in [2.45, 2.75) is 5.41 Å². The van der Waals surface area contributed by atoms with Gasteiger partial charge >= 0.3 is 0 Å². The summed E-state index contributed by atoms with van der Waals surface area (Å²) in [4.78, 5) is 10.8. The molecule has 0 saturated heterocycles. The molecule has 3 heterocycles. The lowest BCUT2D eigenvalue weighted by molar-refractivity contribution is 0.436. The summed E-state index contributed by atoms with van der Waals surface area (Å²) in [6.07, 6.45) is 0. The average Bonchev–Trinajstić information content (AvgIpc) is 3.85. The van der Waals surface area contributed by atoms with E-state index < -0.39 is 5.41 Å². The Kier molecular flexibility index (Phi) is 7.79. The van der Waals surface area contributed by atoms with Gasteiger partial charge in [-0.05, 0) is 75.8 Å². The molecule has 11 aromatic rings. The Morgan fingerprint density at radius 2 is 0.905 bits per heavy atom. The van der Waals surface area contributed by atoms with Crippen LogP contribution < -0.4 is 4.74 Å². The Morgan fingerprint density at radius 1 is 0.365 bits per heavy atom. The number of ether oxygens (including phenoxy) is 1. The molecule has 0 radical (unpaired) electrons. The van der Waals surface area contributed by atoms with Gasteiger partial charge in [0, 0.05) is 44.3 Å². The number of aromatic nitrogens is 3. The predicted octanol–water partition coefficient (Wildman–Crippen LogP) is 14.7. The summed E-state index contributed by atoms with van der Waals surface area (Å²) in [7, 11) is 0. The van der Waals surface area contributed by atoms with Gasteiger partial charge in [0.05, 0.1) is 27.8 Å². The fourth-order valence-corrected chi connectivity index (χ4v) is 10.4. The van der Waals surface area contributed by atoms with Gasteiger partial charge in [0.1, 0.15) is 11.5 Å². The summed E-state index contributed by atoms with van der Waals surface area (Å²) in [6.45, 7) is 0. The van der Waals surface area contributed by atoms with Gasteiger partial charge in [-0.2, -0.15) is 0 Å². The first-order chi connectivity index (χ1) is 31.2. The van der Waals surface area contributed by atoms with E-state index in [0.29, 0.717) is 5.82 Å². The molecule has 294 valence electrons. The first-order valence-corrected chi connectivity index (χ1v) is 21.5. The molecule has 0 unspecified atom stereocenters. The molecule has 0 N–H and O–H groups in total. The smallest absolute Gasteiger partial charge is 0.160 e. The van der Waals surface area contributed by atoms with Crippen molar-refractivity contribution in [1.82, 2.24) is 14.5 Å². The van der Waals surface area contributed by atoms with Crippen LogP contribution in [-0.4, -0.2) is 14.5 Å². The van der Waals surface area contributed by atoms with E-state index in [0.717, 1.165) is 67.5 Å². The molecule has 4 nitrogen and oxygen atoms in total. The van der Waals surface area contributed by atoms with E-state index in [4.69, 9.17) is 14.7 Å². The van der Waals surface area contributed by atoms with Crippen LogP contribution in [0.5, 0.6) is 11.5 Å². The Hall–Kier alpha value is -8.34. The summed E-state index contributed by atoms with van der Waals surface area (Å²) < 4.78 is 9.04. The van der Waals surface area contributed by atoms with E-state index in [9.17, 15) is 0 Å². The van der Waals surface area contributed by atoms with E-state index in [1.807, 2.05) is 6.07 Å². The highest BCUT2D eigenvalue weighted by molar-refractivity contribution is 6.09. The molecule has 1 aliphatic heterocycles. The molecule has 0 atom stereocenters. The SMILES string of the molecule is c1ccc(-c2cc(-c3cccc4c3C3(c5ccccc5Oc5ccccc53)c3ccccc3-4)nc(-c3ccc(-c4cccc(-n5c6ccccc6c6ccccc65)c4)cc3)n2)cc1. The molecule has 4 heteroatoms. The number of rotatable bonds is 5. The molecule has 1 aliphatic carbocycles. The number of hydrogen-bond acceptors (Lipinski definition) is 3. The van der Waals surface area contributed by atoms with Crippen LogP contribution in [0.25, 0.3) is 83.6 Å². The van der Waals surface area contributed by atoms with Crippen LogP contribution in [0.1, 0.15) is 22.3 Å². The van der Waals surface area contributed by atoms with Crippen LogP contribution in [0.15, 0.2) is 224 Å². The lowest BCUT2D eigenvalue weighted by atomic mass is 9.65. The molecular weight excluding hydrogens is 767 g/mol. The van der Waals surface area contributed by atoms with Crippen LogP contribution in [-0.2, 0) is 5.41 Å². The van der Waals surface area contributed by atoms with E-state index >= 15 is 0 Å². The van der Waals surface area contributed by atoms with E-state index in [-0.39, 0.29) is 0 Å². The quantitative estimate of drug-likeness (QED) is 0.174. The van der Waals surface area contributed by atoms with Crippen molar-refractivity contribution in [2.24, 2.45) is 0 Å². The van der Waals surface area contributed by atoms with Crippen LogP contribution in [0.4, 0.5) is 0 Å². The zero-order valence-corrected chi connectivity index (χ0v) is 34.1. The third-order valence-corrected chi connectivity index (χ3v) is 13.1. The van der Waals surface area contributed by atoms with Gasteiger partial charge in [-0.1, -0.05) is 182 Å². The molecule has 9 aromatic carbocycles. The molecule has 2 aliphatic rings. The maximum Gasteiger partial charge on any atom is 0.160 e. The van der Waals surface area contributed by atoms with Crippen molar-refractivity contribution in [1.29, 1.82) is 0 Å². The molecule has 63 heavy (non-hydrogen) atoms. The van der Waals surface area contributed by atoms with Crippen molar-refractivity contribution in [2.75, 3.05) is 0 Å². The van der Waals surface area contributed by atoms with Gasteiger partial charge in [-0.15, -0.1) is 0 Å². The van der Waals surface area contributed by atoms with Crippen LogP contribution >= 0.6 is 0 Å². The second-order valence-electron chi connectivity index (χ2n) is 16.4. The zero-order chi connectivity index (χ0) is 41.5. The van der Waals surface area contributed by atoms with Crippen molar-refractivity contribution in [3.05, 3.63) is 247 Å². The van der Waals surface area contributed by atoms with E-state index in [2.05, 4.69) is 223 Å². The van der Waals surface area contributed by atoms with E-state index in [1.165, 1.54) is 44.1 Å². The number of hydrogen-bond donors (Lipinski definition) is 0. The number of para-hydroxylation sites is 4. The molecule has 0 bridgehead atoms. The average molecular weight is 804 g/mol. The molecule has 0 saturated carbocycles. The Morgan fingerprint density at radius 3 is 1.63 bits per heavy atom. The Labute approximate surface area is 365 Å². The highest BCUT2D eigenvalue weighted by Gasteiger charge is 2.52. The minimum atomic E-state index is -0.638. The van der Waals surface area contributed by atoms with Crippen molar-refractivity contribution < 1.29 is 4.74 Å². The normalized spacial score (nSPS) is 13.0. The number of nitrogens with zero attached hydrogens (tertiary/aromatic N) is 3. The predicted molar refractivity (Wildman–Crippen MR) is 255 cm³/mol. The standard InChI is InChI=1S/C59H37N3O/c1-2-16-39(17-3-1)51-37-52(47-24-15-23-46-43-20-4-7-25-48(43)59(57(46)47)49-26-8-12-30-55(49)63-56-31-13-9-27-50(56)59)61-58(60-51)40-34-32-38(33-35-40)41-18-14-19-42(36-41)62-53-28-10-5-21-44(53)45-22-6-11-29-54(45)62/h1-37H. The zero-order valence-electron chi connectivity index (χ0n) is 34.1. The minimum absolute atomic E-state index is 0.638. The minimum Gasteiger partial charge on any atom is -0.457 e. The van der Waals surface area contributed by atoms with Gasteiger partial charge < -0.3 is 9.30 Å². The molecule has 0 amide bonds. The van der Waals surface area contributed by atoms with Gasteiger partial charge in [0.2, 0.25) is 0 Å². The van der Waals surface area contributed by atoms with Gasteiger partial charge in [-0.25, -0.2) is 9.97 Å². The van der Waals surface area contributed by atoms with Crippen molar-refractivity contribution in [3.8, 4) is 73.3 Å². The Bertz CT molecular complexity index is 3510. The third kappa shape index (κ3) is 5.28. The second kappa shape index (κ2) is 13.8. The van der Waals surface area contributed by atoms with Crippen LogP contribution in [0.2, 0.25) is 0 Å². The molecular formula is C59H37N3O. The first-order valence-electron chi connectivity index (χ1n) is 21.5. The van der Waals surface area contributed by atoms with Gasteiger partial charge in [0.25, 0.3) is 0 Å². The summed E-state index contributed by atoms with van der Waals surface area (Å²) in [5.41, 5.74) is 17.0. The van der Waals surface area contributed by atoms with Gasteiger partial charge in [0.15, 0.2) is 5.82 Å². The third-order valence-electron chi connectivity index (χ3n) is 13.1. The maximum atomic E-state index is 6.67. The topological polar surface area (TPSA) is 39.9 Å². The molecule has 0 fully saturated rings. The lowest BCUT2D eigenvalue weighted by Crippen LogP contribution is -2.32. The van der Waals surface area contributed by atoms with Crippen molar-refractivity contribution in [3.63, 3.8) is 0 Å². The highest BCUT2D eigenvalue weighted by Crippen LogP contribution is 2.63. The monoisotopic (exact) mass is 803 g/mol. The fraction of sp³-hybridized carbons (Fsp3) is 0.0169.